The first kappa shape index (κ1) is 23.9. The number of hydrogen-bond donors (Lipinski definition) is 2. The van der Waals surface area contributed by atoms with Crippen molar-refractivity contribution < 1.29 is 18.5 Å². The Morgan fingerprint density at radius 1 is 1.22 bits per heavy atom. The second-order valence-electron chi connectivity index (χ2n) is 7.73. The molecule has 0 fully saturated rings. The number of aliphatic hydroxyl groups excluding tert-OH is 1. The van der Waals surface area contributed by atoms with Gasteiger partial charge in [0.15, 0.2) is 0 Å². The topological polar surface area (TPSA) is 95.7 Å². The summed E-state index contributed by atoms with van der Waals surface area (Å²) in [7, 11) is 0.317. The number of furan rings is 1. The molecule has 32 heavy (non-hydrogen) atoms. The van der Waals surface area contributed by atoms with Gasteiger partial charge >= 0.3 is 0 Å². The van der Waals surface area contributed by atoms with E-state index in [-0.39, 0.29) is 12.5 Å². The second kappa shape index (κ2) is 10.7. The number of aliphatic hydroxyl groups is 1. The molecule has 1 atom stereocenters. The monoisotopic (exact) mass is 457 g/mol. The molecule has 2 N–H and O–H groups in total. The molecule has 172 valence electrons. The standard InChI is InChI=1S/C24H31N3O4S/c1-5-17-9-11-18(12-10-17)21-20(23(29)25-3)19-15-16(2)22(26-24(19)31-21)27(32(4)30)13-7-6-8-14-28/h9-12,15,28H,5-8,13-14H2,1-4H3,(H,25,29). The van der Waals surface area contributed by atoms with E-state index in [1.165, 1.54) is 5.56 Å². The lowest BCUT2D eigenvalue weighted by molar-refractivity contribution is 0.0964. The lowest BCUT2D eigenvalue weighted by Crippen LogP contribution is -2.27. The van der Waals surface area contributed by atoms with Gasteiger partial charge in [-0.1, -0.05) is 31.2 Å². The van der Waals surface area contributed by atoms with E-state index >= 15 is 0 Å². The van der Waals surface area contributed by atoms with E-state index in [4.69, 9.17) is 9.52 Å². The number of carbonyl (C=O) groups excluding carboxylic acids is 1. The number of unbranched alkanes of at least 4 members (excludes halogenated alkanes) is 2. The Morgan fingerprint density at radius 3 is 2.53 bits per heavy atom. The Hall–Kier alpha value is -2.71. The number of amides is 1. The van der Waals surface area contributed by atoms with Gasteiger partial charge in [0.05, 0.1) is 10.9 Å². The third kappa shape index (κ3) is 5.02. The number of carbonyl (C=O) groups is 1. The highest BCUT2D eigenvalue weighted by Gasteiger charge is 2.25. The Morgan fingerprint density at radius 2 is 1.94 bits per heavy atom. The maximum atomic E-state index is 12.8. The molecule has 3 aromatic rings. The van der Waals surface area contributed by atoms with Gasteiger partial charge in [-0.2, -0.15) is 4.98 Å². The maximum Gasteiger partial charge on any atom is 0.255 e. The summed E-state index contributed by atoms with van der Waals surface area (Å²) in [6.07, 6.45) is 4.88. The van der Waals surface area contributed by atoms with Crippen molar-refractivity contribution in [1.82, 2.24) is 10.3 Å². The van der Waals surface area contributed by atoms with Gasteiger partial charge in [0.2, 0.25) is 5.71 Å². The van der Waals surface area contributed by atoms with Crippen LogP contribution in [-0.2, 0) is 17.4 Å². The zero-order valence-corrected chi connectivity index (χ0v) is 19.9. The van der Waals surface area contributed by atoms with Crippen molar-refractivity contribution >= 4 is 33.8 Å². The Kier molecular flexibility index (Phi) is 8.04. The first-order valence-electron chi connectivity index (χ1n) is 10.9. The number of rotatable bonds is 10. The van der Waals surface area contributed by atoms with Crippen LogP contribution in [-0.4, -0.2) is 46.7 Å². The lowest BCUT2D eigenvalue weighted by Gasteiger charge is -2.22. The highest BCUT2D eigenvalue weighted by molar-refractivity contribution is 7.85. The van der Waals surface area contributed by atoms with Gasteiger partial charge < -0.3 is 14.8 Å². The zero-order valence-electron chi connectivity index (χ0n) is 19.1. The molecular weight excluding hydrogens is 426 g/mol. The van der Waals surface area contributed by atoms with Crippen LogP contribution in [0.5, 0.6) is 0 Å². The quantitative estimate of drug-likeness (QED) is 0.449. The van der Waals surface area contributed by atoms with Crippen LogP contribution in [0.2, 0.25) is 0 Å². The molecule has 0 aliphatic carbocycles. The average molecular weight is 458 g/mol. The van der Waals surface area contributed by atoms with Crippen molar-refractivity contribution in [3.8, 4) is 11.3 Å². The summed E-state index contributed by atoms with van der Waals surface area (Å²) in [5.41, 5.74) is 3.60. The Bertz CT molecular complexity index is 1110. The molecule has 8 heteroatoms. The lowest BCUT2D eigenvalue weighted by atomic mass is 10.0. The van der Waals surface area contributed by atoms with E-state index in [9.17, 15) is 9.00 Å². The summed E-state index contributed by atoms with van der Waals surface area (Å²) in [5, 5.41) is 12.3. The summed E-state index contributed by atoms with van der Waals surface area (Å²) in [6.45, 7) is 4.69. The molecule has 1 aromatic carbocycles. The minimum atomic E-state index is -1.27. The zero-order chi connectivity index (χ0) is 23.3. The molecule has 0 saturated carbocycles. The first-order chi connectivity index (χ1) is 15.4. The van der Waals surface area contributed by atoms with Crippen molar-refractivity contribution in [3.05, 3.63) is 47.0 Å². The predicted octanol–water partition coefficient (Wildman–Crippen LogP) is 3.99. The molecule has 0 radical (unpaired) electrons. The van der Waals surface area contributed by atoms with Gasteiger partial charge in [0, 0.05) is 32.0 Å². The highest BCUT2D eigenvalue weighted by Crippen LogP contribution is 2.35. The summed E-state index contributed by atoms with van der Waals surface area (Å²) < 4.78 is 20.3. The average Bonchev–Trinajstić information content (AvgIpc) is 3.16. The molecule has 3 rings (SSSR count). The van der Waals surface area contributed by atoms with Gasteiger partial charge in [-0.05, 0) is 49.8 Å². The Labute approximate surface area is 191 Å². The number of fused-ring (bicyclic) bond motifs is 1. The molecular formula is C24H31N3O4S. The van der Waals surface area contributed by atoms with Crippen LogP contribution in [0.15, 0.2) is 34.7 Å². The van der Waals surface area contributed by atoms with Crippen molar-refractivity contribution in [2.24, 2.45) is 0 Å². The molecule has 1 amide bonds. The minimum absolute atomic E-state index is 0.148. The SMILES string of the molecule is CCc1ccc(-c2oc3nc(N(CCCCCO)S(C)=O)c(C)cc3c2C(=O)NC)cc1. The van der Waals surface area contributed by atoms with Gasteiger partial charge in [-0.25, -0.2) is 4.21 Å². The van der Waals surface area contributed by atoms with Gasteiger partial charge in [0.25, 0.3) is 5.91 Å². The van der Waals surface area contributed by atoms with Crippen molar-refractivity contribution in [3.63, 3.8) is 0 Å². The van der Waals surface area contributed by atoms with E-state index in [0.717, 1.165) is 30.4 Å². The molecule has 0 aliphatic heterocycles. The van der Waals surface area contributed by atoms with Crippen LogP contribution >= 0.6 is 0 Å². The molecule has 0 aliphatic rings. The number of anilines is 1. The second-order valence-corrected chi connectivity index (χ2v) is 9.02. The minimum Gasteiger partial charge on any atom is -0.437 e. The van der Waals surface area contributed by atoms with Gasteiger partial charge in [-0.15, -0.1) is 0 Å². The third-order valence-corrected chi connectivity index (χ3v) is 6.47. The summed E-state index contributed by atoms with van der Waals surface area (Å²) >= 11 is 0. The van der Waals surface area contributed by atoms with Crippen molar-refractivity contribution in [1.29, 1.82) is 0 Å². The Balaban J connectivity index is 2.10. The molecule has 7 nitrogen and oxygen atoms in total. The summed E-state index contributed by atoms with van der Waals surface area (Å²) in [4.78, 5) is 17.5. The van der Waals surface area contributed by atoms with Crippen LogP contribution in [0.1, 0.15) is 47.7 Å². The van der Waals surface area contributed by atoms with E-state index < -0.39 is 11.0 Å². The van der Waals surface area contributed by atoms with E-state index in [0.29, 0.717) is 41.2 Å². The largest absolute Gasteiger partial charge is 0.437 e. The fraction of sp³-hybridized carbons (Fsp3) is 0.417. The van der Waals surface area contributed by atoms with E-state index in [2.05, 4.69) is 17.2 Å². The summed E-state index contributed by atoms with van der Waals surface area (Å²) in [6, 6.07) is 9.82. The number of benzene rings is 1. The number of pyridine rings is 1. The number of nitrogens with one attached hydrogen (secondary N) is 1. The number of aromatic nitrogens is 1. The number of aryl methyl sites for hydroxylation is 2. The fourth-order valence-corrected chi connectivity index (χ4v) is 4.53. The van der Waals surface area contributed by atoms with Crippen molar-refractivity contribution in [2.75, 3.05) is 30.8 Å². The van der Waals surface area contributed by atoms with Crippen LogP contribution in [0.3, 0.4) is 0 Å². The highest BCUT2D eigenvalue weighted by atomic mass is 32.2. The number of hydrogen-bond acceptors (Lipinski definition) is 5. The fourth-order valence-electron chi connectivity index (χ4n) is 3.71. The van der Waals surface area contributed by atoms with E-state index in [1.807, 2.05) is 37.3 Å². The predicted molar refractivity (Wildman–Crippen MR) is 129 cm³/mol. The molecule has 1 unspecified atom stereocenters. The number of nitrogens with zero attached hydrogens (tertiary/aromatic N) is 2. The molecule has 0 bridgehead atoms. The van der Waals surface area contributed by atoms with Crippen molar-refractivity contribution in [2.45, 2.75) is 39.5 Å². The summed E-state index contributed by atoms with van der Waals surface area (Å²) in [5.74, 6) is 0.804. The van der Waals surface area contributed by atoms with Gasteiger partial charge in [0.1, 0.15) is 22.6 Å². The van der Waals surface area contributed by atoms with Crippen LogP contribution in [0.25, 0.3) is 22.4 Å². The van der Waals surface area contributed by atoms with Crippen LogP contribution < -0.4 is 9.62 Å². The molecule has 0 spiro atoms. The van der Waals surface area contributed by atoms with E-state index in [1.54, 1.807) is 17.6 Å². The normalized spacial score (nSPS) is 12.2. The van der Waals surface area contributed by atoms with Crippen LogP contribution in [0.4, 0.5) is 5.82 Å². The van der Waals surface area contributed by atoms with Crippen LogP contribution in [0, 0.1) is 6.92 Å². The molecule has 2 heterocycles. The molecule has 2 aromatic heterocycles. The first-order valence-corrected chi connectivity index (χ1v) is 12.4. The third-order valence-electron chi connectivity index (χ3n) is 5.49. The maximum absolute atomic E-state index is 12.8. The smallest absolute Gasteiger partial charge is 0.255 e. The molecule has 0 saturated heterocycles. The van der Waals surface area contributed by atoms with Gasteiger partial charge in [-0.3, -0.25) is 9.10 Å².